The van der Waals surface area contributed by atoms with Gasteiger partial charge in [-0.3, -0.25) is 4.79 Å². The van der Waals surface area contributed by atoms with Gasteiger partial charge >= 0.3 is 6.36 Å². The maximum absolute atomic E-state index is 13.7. The quantitative estimate of drug-likeness (QED) is 0.622. The summed E-state index contributed by atoms with van der Waals surface area (Å²) in [5.74, 6) is -3.06. The molecule has 0 aromatic heterocycles. The number of ether oxygens (including phenoxy) is 1. The second-order valence-corrected chi connectivity index (χ2v) is 4.06. The van der Waals surface area contributed by atoms with Gasteiger partial charge in [0, 0.05) is 11.1 Å². The van der Waals surface area contributed by atoms with Crippen molar-refractivity contribution in [1.29, 1.82) is 0 Å². The van der Waals surface area contributed by atoms with E-state index in [9.17, 15) is 26.7 Å². The highest BCUT2D eigenvalue weighted by atomic mass is 19.4. The van der Waals surface area contributed by atoms with Gasteiger partial charge in [0.1, 0.15) is 12.0 Å². The van der Waals surface area contributed by atoms with E-state index in [0.717, 1.165) is 24.3 Å². The monoisotopic (exact) mass is 302 g/mol. The Morgan fingerprint density at radius 1 is 1.05 bits per heavy atom. The molecule has 7 heteroatoms. The summed E-state index contributed by atoms with van der Waals surface area (Å²) < 4.78 is 67.2. The van der Waals surface area contributed by atoms with Crippen LogP contribution in [-0.2, 0) is 0 Å². The third kappa shape index (κ3) is 3.56. The first kappa shape index (κ1) is 15.0. The molecule has 2 aromatic rings. The Hall–Kier alpha value is -2.44. The molecule has 2 nitrogen and oxygen atoms in total. The molecule has 0 radical (unpaired) electrons. The number of hydrogen-bond acceptors (Lipinski definition) is 2. The van der Waals surface area contributed by atoms with Gasteiger partial charge in [-0.15, -0.1) is 13.2 Å². The zero-order valence-corrected chi connectivity index (χ0v) is 10.2. The van der Waals surface area contributed by atoms with Gasteiger partial charge in [-0.2, -0.15) is 0 Å². The molecular formula is C14H7F5O2. The third-order valence-electron chi connectivity index (χ3n) is 2.56. The maximum Gasteiger partial charge on any atom is 0.573 e. The summed E-state index contributed by atoms with van der Waals surface area (Å²) in [6.45, 7) is 0. The van der Waals surface area contributed by atoms with Crippen LogP contribution in [0.25, 0.3) is 11.1 Å². The van der Waals surface area contributed by atoms with Gasteiger partial charge in [0.15, 0.2) is 11.6 Å². The highest BCUT2D eigenvalue weighted by Crippen LogP contribution is 2.31. The van der Waals surface area contributed by atoms with Crippen LogP contribution in [0.3, 0.4) is 0 Å². The number of carbonyl (C=O) groups is 1. The first-order chi connectivity index (χ1) is 9.80. The molecule has 2 rings (SSSR count). The fraction of sp³-hybridized carbons (Fsp3) is 0.0714. The predicted octanol–water partition coefficient (Wildman–Crippen LogP) is 4.34. The number of carbonyl (C=O) groups excluding carboxylic acids is 1. The van der Waals surface area contributed by atoms with Gasteiger partial charge in [0.2, 0.25) is 0 Å². The molecule has 0 saturated carbocycles. The van der Waals surface area contributed by atoms with Crippen LogP contribution in [0.5, 0.6) is 5.75 Å². The topological polar surface area (TPSA) is 26.3 Å². The summed E-state index contributed by atoms with van der Waals surface area (Å²) in [5.41, 5.74) is -0.531. The fourth-order valence-corrected chi connectivity index (χ4v) is 1.76. The van der Waals surface area contributed by atoms with E-state index in [1.165, 1.54) is 12.1 Å². The van der Waals surface area contributed by atoms with E-state index in [1.807, 2.05) is 0 Å². The van der Waals surface area contributed by atoms with Crippen molar-refractivity contribution in [3.05, 3.63) is 53.6 Å². The normalized spacial score (nSPS) is 11.3. The van der Waals surface area contributed by atoms with Crippen LogP contribution in [0.2, 0.25) is 0 Å². The van der Waals surface area contributed by atoms with Crippen LogP contribution < -0.4 is 4.74 Å². The van der Waals surface area contributed by atoms with Crippen LogP contribution >= 0.6 is 0 Å². The number of benzene rings is 2. The zero-order chi connectivity index (χ0) is 15.6. The Labute approximate surface area is 115 Å². The summed E-state index contributed by atoms with van der Waals surface area (Å²) in [6.07, 6.45) is -4.68. The van der Waals surface area contributed by atoms with E-state index in [1.54, 1.807) is 0 Å². The first-order valence-corrected chi connectivity index (χ1v) is 5.60. The zero-order valence-electron chi connectivity index (χ0n) is 10.2. The Morgan fingerprint density at radius 3 is 2.38 bits per heavy atom. The molecule has 110 valence electrons. The van der Waals surface area contributed by atoms with Crippen molar-refractivity contribution < 1.29 is 31.5 Å². The van der Waals surface area contributed by atoms with E-state index in [-0.39, 0.29) is 23.0 Å². The van der Waals surface area contributed by atoms with Crippen molar-refractivity contribution in [2.75, 3.05) is 0 Å². The van der Waals surface area contributed by atoms with Gasteiger partial charge in [0.05, 0.1) is 0 Å². The van der Waals surface area contributed by atoms with Crippen LogP contribution in [0.4, 0.5) is 22.0 Å². The standard InChI is InChI=1S/C14H7F5O2/c15-12-3-1-2-11(13(12)16)9-4-8(7-20)5-10(6-9)21-14(17,18)19/h1-7H. The van der Waals surface area contributed by atoms with Gasteiger partial charge in [-0.1, -0.05) is 12.1 Å². The predicted molar refractivity (Wildman–Crippen MR) is 63.9 cm³/mol. The minimum Gasteiger partial charge on any atom is -0.406 e. The Balaban J connectivity index is 2.55. The molecule has 0 unspecified atom stereocenters. The number of halogens is 5. The lowest BCUT2D eigenvalue weighted by molar-refractivity contribution is -0.274. The summed E-state index contributed by atoms with van der Waals surface area (Å²) >= 11 is 0. The van der Waals surface area contributed by atoms with Crippen molar-refractivity contribution >= 4 is 6.29 Å². The molecule has 0 N–H and O–H groups in total. The lowest BCUT2D eigenvalue weighted by Gasteiger charge is -2.11. The van der Waals surface area contributed by atoms with E-state index in [4.69, 9.17) is 0 Å². The Kier molecular flexibility index (Phi) is 3.93. The summed E-state index contributed by atoms with van der Waals surface area (Å²) in [4.78, 5) is 10.8. The van der Waals surface area contributed by atoms with Crippen molar-refractivity contribution in [3.8, 4) is 16.9 Å². The van der Waals surface area contributed by atoms with Crippen LogP contribution in [-0.4, -0.2) is 12.6 Å². The van der Waals surface area contributed by atoms with E-state index in [0.29, 0.717) is 0 Å². The van der Waals surface area contributed by atoms with Crippen molar-refractivity contribution in [1.82, 2.24) is 0 Å². The van der Waals surface area contributed by atoms with Crippen molar-refractivity contribution in [2.24, 2.45) is 0 Å². The lowest BCUT2D eigenvalue weighted by atomic mass is 10.0. The molecule has 0 aliphatic carbocycles. The number of alkyl halides is 3. The number of rotatable bonds is 3. The molecule has 0 aliphatic heterocycles. The number of aldehydes is 1. The second kappa shape index (κ2) is 5.51. The molecule has 0 aliphatic rings. The Morgan fingerprint density at radius 2 is 1.76 bits per heavy atom. The fourth-order valence-electron chi connectivity index (χ4n) is 1.76. The number of hydrogen-bond donors (Lipinski definition) is 0. The van der Waals surface area contributed by atoms with Crippen LogP contribution in [0, 0.1) is 11.6 Å². The van der Waals surface area contributed by atoms with Gasteiger partial charge in [0.25, 0.3) is 0 Å². The summed E-state index contributed by atoms with van der Waals surface area (Å²) in [6, 6.07) is 6.11. The first-order valence-electron chi connectivity index (χ1n) is 5.60. The SMILES string of the molecule is O=Cc1cc(OC(F)(F)F)cc(-c2cccc(F)c2F)c1. The average molecular weight is 302 g/mol. The summed E-state index contributed by atoms with van der Waals surface area (Å²) in [7, 11) is 0. The lowest BCUT2D eigenvalue weighted by Crippen LogP contribution is -2.17. The molecule has 0 saturated heterocycles. The Bertz CT molecular complexity index is 680. The summed E-state index contributed by atoms with van der Waals surface area (Å²) in [5, 5.41) is 0. The largest absolute Gasteiger partial charge is 0.573 e. The van der Waals surface area contributed by atoms with Crippen molar-refractivity contribution in [3.63, 3.8) is 0 Å². The van der Waals surface area contributed by atoms with Crippen molar-refractivity contribution in [2.45, 2.75) is 6.36 Å². The molecule has 0 bridgehead atoms. The second-order valence-electron chi connectivity index (χ2n) is 4.06. The minimum absolute atomic E-state index is 0.101. The van der Waals surface area contributed by atoms with E-state index in [2.05, 4.69) is 4.74 Å². The molecule has 0 heterocycles. The highest BCUT2D eigenvalue weighted by molar-refractivity contribution is 5.80. The average Bonchev–Trinajstić information content (AvgIpc) is 2.39. The molecule has 0 fully saturated rings. The third-order valence-corrected chi connectivity index (χ3v) is 2.56. The van der Waals surface area contributed by atoms with Gasteiger partial charge in [-0.05, 0) is 29.8 Å². The van der Waals surface area contributed by atoms with Crippen LogP contribution in [0.15, 0.2) is 36.4 Å². The smallest absolute Gasteiger partial charge is 0.406 e. The van der Waals surface area contributed by atoms with Gasteiger partial charge < -0.3 is 4.74 Å². The van der Waals surface area contributed by atoms with E-state index >= 15 is 0 Å². The molecule has 2 aromatic carbocycles. The molecule has 21 heavy (non-hydrogen) atoms. The van der Waals surface area contributed by atoms with E-state index < -0.39 is 23.7 Å². The molecular weight excluding hydrogens is 295 g/mol. The molecule has 0 amide bonds. The van der Waals surface area contributed by atoms with Gasteiger partial charge in [-0.25, -0.2) is 8.78 Å². The highest BCUT2D eigenvalue weighted by Gasteiger charge is 2.31. The molecule has 0 atom stereocenters. The van der Waals surface area contributed by atoms with Crippen LogP contribution in [0.1, 0.15) is 10.4 Å². The minimum atomic E-state index is -4.96. The maximum atomic E-state index is 13.7. The molecule has 0 spiro atoms.